The molecule has 14 heavy (non-hydrogen) atoms. The molecule has 0 radical (unpaired) electrons. The summed E-state index contributed by atoms with van der Waals surface area (Å²) in [5.74, 6) is -1.80. The third kappa shape index (κ3) is 2.48. The smallest absolute Gasteiger partial charge is 0.392 e. The van der Waals surface area contributed by atoms with Gasteiger partial charge in [0.15, 0.2) is 0 Å². The fourth-order valence-corrected chi connectivity index (χ4v) is 1.40. The zero-order valence-electron chi connectivity index (χ0n) is 7.62. The number of rotatable bonds is 2. The number of hydrogen-bond donors (Lipinski definition) is 1. The minimum absolute atomic E-state index is 0.0926. The maximum absolute atomic E-state index is 12.5. The third-order valence-corrected chi connectivity index (χ3v) is 1.99. The van der Waals surface area contributed by atoms with Gasteiger partial charge in [-0.05, 0) is 12.5 Å². The van der Waals surface area contributed by atoms with Crippen LogP contribution in [-0.4, -0.2) is 17.4 Å². The van der Waals surface area contributed by atoms with Gasteiger partial charge in [-0.15, -0.1) is 0 Å². The van der Waals surface area contributed by atoms with Gasteiger partial charge in [0.1, 0.15) is 5.92 Å². The van der Waals surface area contributed by atoms with Crippen molar-refractivity contribution in [3.8, 4) is 0 Å². The molecule has 0 fully saturated rings. The van der Waals surface area contributed by atoms with Crippen molar-refractivity contribution in [2.24, 2.45) is 0 Å². The fraction of sp³-hybridized carbons (Fsp3) is 0.400. The molecule has 1 rings (SSSR count). The van der Waals surface area contributed by atoms with Gasteiger partial charge in [-0.3, -0.25) is 0 Å². The van der Waals surface area contributed by atoms with Gasteiger partial charge < -0.3 is 5.11 Å². The predicted octanol–water partition coefficient (Wildman–Crippen LogP) is 2.71. The van der Waals surface area contributed by atoms with Gasteiger partial charge in [-0.2, -0.15) is 13.2 Å². The molecule has 4 heteroatoms. The molecule has 0 spiro atoms. The molecule has 1 nitrogen and oxygen atoms in total. The summed E-state index contributed by atoms with van der Waals surface area (Å²) in [7, 11) is 0. The maximum atomic E-state index is 12.5. The molecule has 0 aliphatic carbocycles. The van der Waals surface area contributed by atoms with E-state index in [2.05, 4.69) is 0 Å². The summed E-state index contributed by atoms with van der Waals surface area (Å²) < 4.78 is 37.5. The van der Waals surface area contributed by atoms with Gasteiger partial charge in [-0.1, -0.05) is 30.3 Å². The maximum Gasteiger partial charge on any atom is 0.398 e. The molecule has 0 bridgehead atoms. The SMILES string of the molecule is C[C@@H](O)C(c1ccccc1)C(F)(F)F. The summed E-state index contributed by atoms with van der Waals surface area (Å²) in [6.45, 7) is 1.14. The van der Waals surface area contributed by atoms with Crippen LogP contribution in [0.1, 0.15) is 18.4 Å². The number of hydrogen-bond acceptors (Lipinski definition) is 1. The Morgan fingerprint density at radius 2 is 1.64 bits per heavy atom. The predicted molar refractivity (Wildman–Crippen MR) is 46.9 cm³/mol. The summed E-state index contributed by atoms with van der Waals surface area (Å²) in [6, 6.07) is 7.42. The van der Waals surface area contributed by atoms with Crippen molar-refractivity contribution in [1.82, 2.24) is 0 Å². The molecule has 0 amide bonds. The van der Waals surface area contributed by atoms with E-state index in [1.165, 1.54) is 24.3 Å². The van der Waals surface area contributed by atoms with Crippen LogP contribution in [0.3, 0.4) is 0 Å². The molecule has 1 N–H and O–H groups in total. The number of halogens is 3. The van der Waals surface area contributed by atoms with Crippen LogP contribution in [0.5, 0.6) is 0 Å². The van der Waals surface area contributed by atoms with Gasteiger partial charge in [0.25, 0.3) is 0 Å². The van der Waals surface area contributed by atoms with Crippen LogP contribution < -0.4 is 0 Å². The molecule has 0 aliphatic rings. The molecule has 0 heterocycles. The molecule has 1 aromatic rings. The Morgan fingerprint density at radius 3 is 2.00 bits per heavy atom. The minimum Gasteiger partial charge on any atom is -0.392 e. The lowest BCUT2D eigenvalue weighted by Gasteiger charge is -2.23. The van der Waals surface area contributed by atoms with Crippen LogP contribution >= 0.6 is 0 Å². The third-order valence-electron chi connectivity index (χ3n) is 1.99. The van der Waals surface area contributed by atoms with Crippen molar-refractivity contribution >= 4 is 0 Å². The van der Waals surface area contributed by atoms with Crippen LogP contribution in [0.15, 0.2) is 30.3 Å². The van der Waals surface area contributed by atoms with Gasteiger partial charge >= 0.3 is 6.18 Å². The summed E-state index contributed by atoms with van der Waals surface area (Å²) in [4.78, 5) is 0. The van der Waals surface area contributed by atoms with E-state index in [-0.39, 0.29) is 5.56 Å². The Hall–Kier alpha value is -1.03. The summed E-state index contributed by atoms with van der Waals surface area (Å²) in [5.41, 5.74) is 0.0926. The second-order valence-electron chi connectivity index (χ2n) is 3.17. The van der Waals surface area contributed by atoms with E-state index in [1.807, 2.05) is 0 Å². The first-order valence-electron chi connectivity index (χ1n) is 4.22. The zero-order valence-corrected chi connectivity index (χ0v) is 7.62. The van der Waals surface area contributed by atoms with Crippen LogP contribution in [-0.2, 0) is 0 Å². The van der Waals surface area contributed by atoms with Gasteiger partial charge in [0, 0.05) is 0 Å². The molecule has 78 valence electrons. The van der Waals surface area contributed by atoms with E-state index >= 15 is 0 Å². The molecular formula is C10H11F3O. The first kappa shape index (κ1) is 11.0. The quantitative estimate of drug-likeness (QED) is 0.785. The van der Waals surface area contributed by atoms with Crippen molar-refractivity contribution < 1.29 is 18.3 Å². The standard InChI is InChI=1S/C10H11F3O/c1-7(14)9(10(11,12)13)8-5-3-2-4-6-8/h2-7,9,14H,1H3/t7-,9?/m1/s1. The van der Waals surface area contributed by atoms with Crippen molar-refractivity contribution in [3.63, 3.8) is 0 Å². The van der Waals surface area contributed by atoms with Gasteiger partial charge in [0.2, 0.25) is 0 Å². The molecule has 0 saturated carbocycles. The Labute approximate surface area is 80.2 Å². The molecule has 0 aliphatic heterocycles. The lowest BCUT2D eigenvalue weighted by atomic mass is 9.94. The average molecular weight is 204 g/mol. The van der Waals surface area contributed by atoms with E-state index in [1.54, 1.807) is 6.07 Å². The average Bonchev–Trinajstić information content (AvgIpc) is 2.02. The van der Waals surface area contributed by atoms with Gasteiger partial charge in [-0.25, -0.2) is 0 Å². The first-order chi connectivity index (χ1) is 6.43. The zero-order chi connectivity index (χ0) is 10.8. The molecule has 1 unspecified atom stereocenters. The minimum atomic E-state index is -4.41. The number of aliphatic hydroxyl groups is 1. The van der Waals surface area contributed by atoms with Crippen LogP contribution in [0.4, 0.5) is 13.2 Å². The highest BCUT2D eigenvalue weighted by Crippen LogP contribution is 2.37. The summed E-state index contributed by atoms with van der Waals surface area (Å²) >= 11 is 0. The Balaban J connectivity index is 3.02. The van der Waals surface area contributed by atoms with E-state index in [9.17, 15) is 13.2 Å². The lowest BCUT2D eigenvalue weighted by Crippen LogP contribution is -2.29. The van der Waals surface area contributed by atoms with Crippen LogP contribution in [0.25, 0.3) is 0 Å². The first-order valence-corrected chi connectivity index (χ1v) is 4.22. The van der Waals surface area contributed by atoms with E-state index in [0.717, 1.165) is 6.92 Å². The van der Waals surface area contributed by atoms with Crippen LogP contribution in [0, 0.1) is 0 Å². The Kier molecular flexibility index (Phi) is 3.16. The second kappa shape index (κ2) is 4.00. The van der Waals surface area contributed by atoms with Crippen molar-refractivity contribution in [3.05, 3.63) is 35.9 Å². The normalized spacial score (nSPS) is 16.4. The molecular weight excluding hydrogens is 193 g/mol. The van der Waals surface area contributed by atoms with Crippen molar-refractivity contribution in [2.75, 3.05) is 0 Å². The van der Waals surface area contributed by atoms with E-state index < -0.39 is 18.2 Å². The highest BCUT2D eigenvalue weighted by molar-refractivity contribution is 5.22. The van der Waals surface area contributed by atoms with Crippen molar-refractivity contribution in [2.45, 2.75) is 25.1 Å². The highest BCUT2D eigenvalue weighted by Gasteiger charge is 2.43. The molecule has 2 atom stereocenters. The highest BCUT2D eigenvalue weighted by atomic mass is 19.4. The number of benzene rings is 1. The summed E-state index contributed by atoms with van der Waals surface area (Å²) in [6.07, 6.45) is -5.84. The van der Waals surface area contributed by atoms with Crippen molar-refractivity contribution in [1.29, 1.82) is 0 Å². The number of aliphatic hydroxyl groups excluding tert-OH is 1. The molecule has 0 aromatic heterocycles. The largest absolute Gasteiger partial charge is 0.398 e. The molecule has 0 saturated heterocycles. The summed E-state index contributed by atoms with van der Waals surface area (Å²) in [5, 5.41) is 9.08. The van der Waals surface area contributed by atoms with E-state index in [0.29, 0.717) is 0 Å². The van der Waals surface area contributed by atoms with E-state index in [4.69, 9.17) is 5.11 Å². The Morgan fingerprint density at radius 1 is 1.14 bits per heavy atom. The van der Waals surface area contributed by atoms with Crippen LogP contribution in [0.2, 0.25) is 0 Å². The fourth-order valence-electron chi connectivity index (χ4n) is 1.40. The topological polar surface area (TPSA) is 20.2 Å². The lowest BCUT2D eigenvalue weighted by molar-refractivity contribution is -0.169. The van der Waals surface area contributed by atoms with Gasteiger partial charge in [0.05, 0.1) is 6.10 Å². The second-order valence-corrected chi connectivity index (χ2v) is 3.17. The Bertz CT molecular complexity index is 279. The molecule has 1 aromatic carbocycles. The monoisotopic (exact) mass is 204 g/mol. The number of alkyl halides is 3.